The maximum Gasteiger partial charge on any atom is 0.409 e. The zero-order chi connectivity index (χ0) is 27.2. The molecule has 3 heterocycles. The SMILES string of the molecule is O=C(OC[C@H]1CCC[C@@H](c2ccccc2)N1S(=O)(=O)c1ccc(Cl)cc1)N1CCC(NN2CCCCC2)CC1. The molecule has 8 nitrogen and oxygen atoms in total. The molecule has 0 aliphatic carbocycles. The van der Waals surface area contributed by atoms with Gasteiger partial charge >= 0.3 is 6.09 Å². The van der Waals surface area contributed by atoms with Crippen LogP contribution in [0.2, 0.25) is 5.02 Å². The van der Waals surface area contributed by atoms with Crippen molar-refractivity contribution in [2.75, 3.05) is 32.8 Å². The lowest BCUT2D eigenvalue weighted by molar-refractivity contribution is 0.0488. The maximum atomic E-state index is 14.0. The van der Waals surface area contributed by atoms with Crippen LogP contribution in [0, 0.1) is 0 Å². The molecule has 3 aliphatic rings. The molecule has 212 valence electrons. The van der Waals surface area contributed by atoms with Gasteiger partial charge in [0.2, 0.25) is 10.0 Å². The highest BCUT2D eigenvalue weighted by atomic mass is 35.5. The fourth-order valence-corrected chi connectivity index (χ4v) is 7.99. The number of benzene rings is 2. The molecule has 0 aromatic heterocycles. The number of hydrazine groups is 1. The zero-order valence-corrected chi connectivity index (χ0v) is 24.0. The molecular formula is C29H39ClN4O4S. The Balaban J connectivity index is 1.25. The number of ether oxygens (including phenoxy) is 1. The number of rotatable bonds is 7. The molecule has 39 heavy (non-hydrogen) atoms. The van der Waals surface area contributed by atoms with Crippen LogP contribution < -0.4 is 5.43 Å². The second-order valence-corrected chi connectivity index (χ2v) is 13.1. The Morgan fingerprint density at radius 3 is 2.26 bits per heavy atom. The first-order valence-electron chi connectivity index (χ1n) is 14.2. The van der Waals surface area contributed by atoms with Crippen LogP contribution >= 0.6 is 11.6 Å². The van der Waals surface area contributed by atoms with E-state index in [1.165, 1.54) is 19.3 Å². The summed E-state index contributed by atoms with van der Waals surface area (Å²) in [7, 11) is -3.86. The number of sulfonamides is 1. The minimum absolute atomic E-state index is 0.0287. The molecule has 3 saturated heterocycles. The van der Waals surface area contributed by atoms with Gasteiger partial charge in [0.25, 0.3) is 0 Å². The van der Waals surface area contributed by atoms with E-state index in [4.69, 9.17) is 16.3 Å². The molecule has 2 atom stereocenters. The molecular weight excluding hydrogens is 536 g/mol. The van der Waals surface area contributed by atoms with Crippen molar-refractivity contribution in [2.45, 2.75) is 74.4 Å². The summed E-state index contributed by atoms with van der Waals surface area (Å²) in [6.45, 7) is 3.47. The summed E-state index contributed by atoms with van der Waals surface area (Å²) in [6.07, 6.45) is 7.34. The molecule has 3 aliphatic heterocycles. The normalized spacial score (nSPS) is 24.0. The van der Waals surface area contributed by atoms with Gasteiger partial charge in [0.05, 0.1) is 17.0 Å². The van der Waals surface area contributed by atoms with Crippen LogP contribution in [0.1, 0.15) is 63.0 Å². The number of carbonyl (C=O) groups is 1. The number of amides is 1. The van der Waals surface area contributed by atoms with Crippen molar-refractivity contribution >= 4 is 27.7 Å². The topological polar surface area (TPSA) is 82.2 Å². The Hall–Kier alpha value is -2.17. The van der Waals surface area contributed by atoms with Crippen LogP contribution in [0.4, 0.5) is 4.79 Å². The zero-order valence-electron chi connectivity index (χ0n) is 22.4. The van der Waals surface area contributed by atoms with Gasteiger partial charge in [-0.3, -0.25) is 5.43 Å². The van der Waals surface area contributed by atoms with Gasteiger partial charge < -0.3 is 9.64 Å². The monoisotopic (exact) mass is 574 g/mol. The summed E-state index contributed by atoms with van der Waals surface area (Å²) < 4.78 is 35.3. The highest BCUT2D eigenvalue weighted by Gasteiger charge is 2.41. The number of nitrogens with one attached hydrogen (secondary N) is 1. The first kappa shape index (κ1) is 28.4. The molecule has 1 N–H and O–H groups in total. The third-order valence-corrected chi connectivity index (χ3v) is 10.4. The Bertz CT molecular complexity index is 1180. The molecule has 0 spiro atoms. The van der Waals surface area contributed by atoms with Gasteiger partial charge in [0, 0.05) is 37.2 Å². The minimum Gasteiger partial charge on any atom is -0.448 e. The molecule has 1 amide bonds. The van der Waals surface area contributed by atoms with Gasteiger partial charge in [0.1, 0.15) is 6.61 Å². The second kappa shape index (κ2) is 13.0. The molecule has 0 radical (unpaired) electrons. The van der Waals surface area contributed by atoms with E-state index in [9.17, 15) is 13.2 Å². The fourth-order valence-electron chi connectivity index (χ4n) is 6.02. The van der Waals surface area contributed by atoms with Crippen molar-refractivity contribution in [1.82, 2.24) is 19.6 Å². The number of nitrogens with zero attached hydrogens (tertiary/aromatic N) is 3. The van der Waals surface area contributed by atoms with Crippen LogP contribution in [-0.2, 0) is 14.8 Å². The van der Waals surface area contributed by atoms with Gasteiger partial charge in [-0.25, -0.2) is 18.2 Å². The van der Waals surface area contributed by atoms with Crippen molar-refractivity contribution in [3.63, 3.8) is 0 Å². The summed E-state index contributed by atoms with van der Waals surface area (Å²) in [4.78, 5) is 15.0. The van der Waals surface area contributed by atoms with Crippen molar-refractivity contribution in [3.05, 3.63) is 65.2 Å². The van der Waals surface area contributed by atoms with Crippen molar-refractivity contribution < 1.29 is 17.9 Å². The lowest BCUT2D eigenvalue weighted by atomic mass is 9.93. The van der Waals surface area contributed by atoms with Gasteiger partial charge in [-0.2, -0.15) is 4.31 Å². The van der Waals surface area contributed by atoms with E-state index in [2.05, 4.69) is 10.4 Å². The standard InChI is InChI=1S/C29H39ClN4O4S/c30-24-12-14-27(15-13-24)39(36,37)34-26(10-7-11-28(34)23-8-3-1-4-9-23)22-38-29(35)32-20-16-25(17-21-32)31-33-18-5-2-6-19-33/h1,3-4,8-9,12-15,25-26,28,31H,2,5-7,10-11,16-22H2/t26-,28+/m1/s1. The Morgan fingerprint density at radius 2 is 1.56 bits per heavy atom. The van der Waals surface area contributed by atoms with E-state index in [1.54, 1.807) is 33.5 Å². The summed E-state index contributed by atoms with van der Waals surface area (Å²) in [6, 6.07) is 15.6. The highest BCUT2D eigenvalue weighted by molar-refractivity contribution is 7.89. The molecule has 10 heteroatoms. The molecule has 2 aromatic carbocycles. The molecule has 5 rings (SSSR count). The Labute approximate surface area is 237 Å². The summed E-state index contributed by atoms with van der Waals surface area (Å²) in [5.41, 5.74) is 4.57. The fraction of sp³-hybridized carbons (Fsp3) is 0.552. The number of halogens is 1. The van der Waals surface area contributed by atoms with E-state index in [-0.39, 0.29) is 23.6 Å². The van der Waals surface area contributed by atoms with Crippen molar-refractivity contribution in [3.8, 4) is 0 Å². The number of likely N-dealkylation sites (tertiary alicyclic amines) is 1. The lowest BCUT2D eigenvalue weighted by Crippen LogP contribution is -2.52. The van der Waals surface area contributed by atoms with Gasteiger partial charge in [-0.1, -0.05) is 48.4 Å². The largest absolute Gasteiger partial charge is 0.448 e. The van der Waals surface area contributed by atoms with E-state index in [1.807, 2.05) is 30.3 Å². The van der Waals surface area contributed by atoms with Crippen LogP contribution in [0.3, 0.4) is 0 Å². The first-order valence-corrected chi connectivity index (χ1v) is 16.0. The van der Waals surface area contributed by atoms with Crippen molar-refractivity contribution in [2.24, 2.45) is 0 Å². The molecule has 0 bridgehead atoms. The predicted octanol–water partition coefficient (Wildman–Crippen LogP) is 5.22. The number of hydrogen-bond donors (Lipinski definition) is 1. The molecule has 0 unspecified atom stereocenters. The molecule has 3 fully saturated rings. The average Bonchev–Trinajstić information content (AvgIpc) is 2.97. The van der Waals surface area contributed by atoms with E-state index in [0.29, 0.717) is 37.0 Å². The molecule has 0 saturated carbocycles. The van der Waals surface area contributed by atoms with Crippen LogP contribution in [-0.4, -0.2) is 73.6 Å². The van der Waals surface area contributed by atoms with Crippen molar-refractivity contribution in [1.29, 1.82) is 0 Å². The van der Waals surface area contributed by atoms with E-state index in [0.717, 1.165) is 37.9 Å². The Morgan fingerprint density at radius 1 is 0.872 bits per heavy atom. The number of piperidine rings is 3. The number of hydrogen-bond acceptors (Lipinski definition) is 6. The van der Waals surface area contributed by atoms with Crippen LogP contribution in [0.5, 0.6) is 0 Å². The van der Waals surface area contributed by atoms with Gasteiger partial charge in [0.15, 0.2) is 0 Å². The lowest BCUT2D eigenvalue weighted by Gasteiger charge is -2.41. The first-order chi connectivity index (χ1) is 18.9. The van der Waals surface area contributed by atoms with Gasteiger partial charge in [-0.15, -0.1) is 0 Å². The summed E-state index contributed by atoms with van der Waals surface area (Å²) in [5, 5.41) is 2.80. The molecule has 2 aromatic rings. The number of carbonyl (C=O) groups excluding carboxylic acids is 1. The highest BCUT2D eigenvalue weighted by Crippen LogP contribution is 2.39. The average molecular weight is 575 g/mol. The predicted molar refractivity (Wildman–Crippen MR) is 152 cm³/mol. The summed E-state index contributed by atoms with van der Waals surface area (Å²) >= 11 is 6.04. The van der Waals surface area contributed by atoms with E-state index >= 15 is 0 Å². The Kier molecular flexibility index (Phi) is 9.45. The second-order valence-electron chi connectivity index (χ2n) is 10.8. The van der Waals surface area contributed by atoms with Gasteiger partial charge in [-0.05, 0) is 74.8 Å². The quantitative estimate of drug-likeness (QED) is 0.488. The third kappa shape index (κ3) is 6.95. The smallest absolute Gasteiger partial charge is 0.409 e. The van der Waals surface area contributed by atoms with E-state index < -0.39 is 16.1 Å². The maximum absolute atomic E-state index is 14.0. The van der Waals surface area contributed by atoms with Crippen LogP contribution in [0.25, 0.3) is 0 Å². The van der Waals surface area contributed by atoms with Crippen LogP contribution in [0.15, 0.2) is 59.5 Å². The minimum atomic E-state index is -3.86. The summed E-state index contributed by atoms with van der Waals surface area (Å²) in [5.74, 6) is 0. The third-order valence-electron chi connectivity index (χ3n) is 8.13.